The zero-order chi connectivity index (χ0) is 13.2. The summed E-state index contributed by atoms with van der Waals surface area (Å²) in [5.74, 6) is 0.798. The lowest BCUT2D eigenvalue weighted by Crippen LogP contribution is -2.23. The van der Waals surface area contributed by atoms with Gasteiger partial charge in [0.2, 0.25) is 0 Å². The molecule has 0 radical (unpaired) electrons. The molecular weight excluding hydrogens is 304 g/mol. The predicted octanol–water partition coefficient (Wildman–Crippen LogP) is 3.87. The van der Waals surface area contributed by atoms with Gasteiger partial charge in [-0.05, 0) is 35.9 Å². The van der Waals surface area contributed by atoms with Crippen LogP contribution in [0.5, 0.6) is 5.75 Å². The van der Waals surface area contributed by atoms with Crippen molar-refractivity contribution >= 4 is 21.6 Å². The fourth-order valence-corrected chi connectivity index (χ4v) is 2.38. The number of hydrogen-bond acceptors (Lipinski definition) is 3. The lowest BCUT2D eigenvalue weighted by Gasteiger charge is -2.28. The zero-order valence-corrected chi connectivity index (χ0v) is 11.6. The topological polar surface area (TPSA) is 45.0 Å². The molecule has 0 spiro atoms. The minimum Gasteiger partial charge on any atom is -0.489 e. The SMILES string of the molecule is N#Cc1ccc2c(c1)NC(c1ccc(Br)cc1)CO2. The molecule has 0 aromatic heterocycles. The molecular formula is C15H11BrN2O. The maximum Gasteiger partial charge on any atom is 0.142 e. The molecule has 1 heterocycles. The third kappa shape index (κ3) is 2.42. The number of nitrogens with one attached hydrogen (secondary N) is 1. The van der Waals surface area contributed by atoms with E-state index < -0.39 is 0 Å². The largest absolute Gasteiger partial charge is 0.489 e. The number of fused-ring (bicyclic) bond motifs is 1. The molecule has 3 rings (SSSR count). The highest BCUT2D eigenvalue weighted by molar-refractivity contribution is 9.10. The van der Waals surface area contributed by atoms with Crippen molar-refractivity contribution in [1.29, 1.82) is 5.26 Å². The van der Waals surface area contributed by atoms with E-state index in [0.717, 1.165) is 21.5 Å². The van der Waals surface area contributed by atoms with Gasteiger partial charge in [-0.2, -0.15) is 5.26 Å². The van der Waals surface area contributed by atoms with Gasteiger partial charge in [0.05, 0.1) is 23.4 Å². The van der Waals surface area contributed by atoms with Crippen LogP contribution in [0.4, 0.5) is 5.69 Å². The smallest absolute Gasteiger partial charge is 0.142 e. The van der Waals surface area contributed by atoms with Crippen molar-refractivity contribution in [3.05, 3.63) is 58.1 Å². The third-order valence-electron chi connectivity index (χ3n) is 3.12. The predicted molar refractivity (Wildman–Crippen MR) is 77.2 cm³/mol. The van der Waals surface area contributed by atoms with Crippen LogP contribution in [-0.4, -0.2) is 6.61 Å². The second-order valence-corrected chi connectivity index (χ2v) is 5.30. The molecule has 0 saturated carbocycles. The normalized spacial score (nSPS) is 16.7. The number of hydrogen-bond donors (Lipinski definition) is 1. The first-order valence-corrected chi connectivity index (χ1v) is 6.74. The molecule has 2 aromatic carbocycles. The van der Waals surface area contributed by atoms with Gasteiger partial charge in [-0.1, -0.05) is 28.1 Å². The molecule has 1 aliphatic heterocycles. The Balaban J connectivity index is 1.89. The van der Waals surface area contributed by atoms with Crippen LogP contribution in [0.15, 0.2) is 46.9 Å². The van der Waals surface area contributed by atoms with Crippen LogP contribution >= 0.6 is 15.9 Å². The number of halogens is 1. The van der Waals surface area contributed by atoms with Crippen LogP contribution in [0, 0.1) is 11.3 Å². The number of anilines is 1. The van der Waals surface area contributed by atoms with Crippen LogP contribution < -0.4 is 10.1 Å². The summed E-state index contributed by atoms with van der Waals surface area (Å²) >= 11 is 3.43. The zero-order valence-electron chi connectivity index (χ0n) is 10.1. The number of benzene rings is 2. The molecule has 0 saturated heterocycles. The number of ether oxygens (including phenoxy) is 1. The van der Waals surface area contributed by atoms with Crippen LogP contribution in [0.3, 0.4) is 0 Å². The highest BCUT2D eigenvalue weighted by Gasteiger charge is 2.20. The van der Waals surface area contributed by atoms with E-state index in [0.29, 0.717) is 12.2 Å². The summed E-state index contributed by atoms with van der Waals surface area (Å²) in [4.78, 5) is 0. The van der Waals surface area contributed by atoms with Gasteiger partial charge in [0.25, 0.3) is 0 Å². The van der Waals surface area contributed by atoms with Crippen molar-refractivity contribution in [2.75, 3.05) is 11.9 Å². The molecule has 0 bridgehead atoms. The Morgan fingerprint density at radius 3 is 2.74 bits per heavy atom. The molecule has 1 aliphatic rings. The van der Waals surface area contributed by atoms with E-state index in [1.165, 1.54) is 0 Å². The van der Waals surface area contributed by atoms with Crippen LogP contribution in [0.2, 0.25) is 0 Å². The average Bonchev–Trinajstić information content (AvgIpc) is 2.47. The second-order valence-electron chi connectivity index (χ2n) is 4.38. The summed E-state index contributed by atoms with van der Waals surface area (Å²) in [5, 5.41) is 12.3. The van der Waals surface area contributed by atoms with Crippen LogP contribution in [0.1, 0.15) is 17.2 Å². The molecule has 0 aliphatic carbocycles. The van der Waals surface area contributed by atoms with Crippen LogP contribution in [0.25, 0.3) is 0 Å². The van der Waals surface area contributed by atoms with Gasteiger partial charge in [-0.25, -0.2) is 0 Å². The fourth-order valence-electron chi connectivity index (χ4n) is 2.12. The maximum absolute atomic E-state index is 8.93. The molecule has 0 fully saturated rings. The molecule has 94 valence electrons. The molecule has 4 heteroatoms. The third-order valence-corrected chi connectivity index (χ3v) is 3.64. The summed E-state index contributed by atoms with van der Waals surface area (Å²) in [6.07, 6.45) is 0. The second kappa shape index (κ2) is 4.94. The van der Waals surface area contributed by atoms with E-state index in [-0.39, 0.29) is 6.04 Å². The van der Waals surface area contributed by atoms with E-state index in [1.54, 1.807) is 6.07 Å². The summed E-state index contributed by atoms with van der Waals surface area (Å²) < 4.78 is 6.79. The van der Waals surface area contributed by atoms with E-state index in [9.17, 15) is 0 Å². The monoisotopic (exact) mass is 314 g/mol. The lowest BCUT2D eigenvalue weighted by molar-refractivity contribution is 0.286. The van der Waals surface area contributed by atoms with Gasteiger partial charge in [0.15, 0.2) is 0 Å². The number of nitrogens with zero attached hydrogens (tertiary/aromatic N) is 1. The molecule has 1 N–H and O–H groups in total. The lowest BCUT2D eigenvalue weighted by atomic mass is 10.1. The summed E-state index contributed by atoms with van der Waals surface area (Å²) in [6, 6.07) is 15.8. The minimum absolute atomic E-state index is 0.106. The Hall–Kier alpha value is -1.99. The summed E-state index contributed by atoms with van der Waals surface area (Å²) in [7, 11) is 0. The maximum atomic E-state index is 8.93. The van der Waals surface area contributed by atoms with Gasteiger partial charge >= 0.3 is 0 Å². The number of nitriles is 1. The van der Waals surface area contributed by atoms with E-state index in [2.05, 4.69) is 39.4 Å². The standard InChI is InChI=1S/C15H11BrN2O/c16-12-4-2-11(3-5-12)14-9-19-15-6-1-10(8-17)7-13(15)18-14/h1-7,14,18H,9H2. The molecule has 0 amide bonds. The van der Waals surface area contributed by atoms with Gasteiger partial charge in [-0.3, -0.25) is 0 Å². The van der Waals surface area contributed by atoms with Gasteiger partial charge in [0, 0.05) is 4.47 Å². The molecule has 3 nitrogen and oxygen atoms in total. The van der Waals surface area contributed by atoms with Crippen molar-refractivity contribution in [2.45, 2.75) is 6.04 Å². The van der Waals surface area contributed by atoms with Gasteiger partial charge < -0.3 is 10.1 Å². The van der Waals surface area contributed by atoms with Crippen molar-refractivity contribution in [3.63, 3.8) is 0 Å². The van der Waals surface area contributed by atoms with Crippen molar-refractivity contribution in [1.82, 2.24) is 0 Å². The Labute approximate surface area is 120 Å². The number of rotatable bonds is 1. The molecule has 2 aromatic rings. The Bertz CT molecular complexity index is 646. The Kier molecular flexibility index (Phi) is 3.14. The first-order valence-electron chi connectivity index (χ1n) is 5.95. The van der Waals surface area contributed by atoms with Gasteiger partial charge in [0.1, 0.15) is 12.4 Å². The quantitative estimate of drug-likeness (QED) is 0.869. The average molecular weight is 315 g/mol. The van der Waals surface area contributed by atoms with Gasteiger partial charge in [-0.15, -0.1) is 0 Å². The fraction of sp³-hybridized carbons (Fsp3) is 0.133. The van der Waals surface area contributed by atoms with Crippen molar-refractivity contribution in [2.24, 2.45) is 0 Å². The van der Waals surface area contributed by atoms with Crippen molar-refractivity contribution < 1.29 is 4.74 Å². The van der Waals surface area contributed by atoms with E-state index in [1.807, 2.05) is 24.3 Å². The first kappa shape index (κ1) is 12.1. The van der Waals surface area contributed by atoms with E-state index >= 15 is 0 Å². The Morgan fingerprint density at radius 1 is 1.21 bits per heavy atom. The molecule has 1 atom stereocenters. The van der Waals surface area contributed by atoms with E-state index in [4.69, 9.17) is 10.00 Å². The summed E-state index contributed by atoms with van der Waals surface area (Å²) in [6.45, 7) is 0.584. The van der Waals surface area contributed by atoms with Crippen molar-refractivity contribution in [3.8, 4) is 11.8 Å². The highest BCUT2D eigenvalue weighted by atomic mass is 79.9. The molecule has 1 unspecified atom stereocenters. The van der Waals surface area contributed by atoms with Crippen LogP contribution in [-0.2, 0) is 0 Å². The minimum atomic E-state index is 0.106. The summed E-state index contributed by atoms with van der Waals surface area (Å²) in [5.41, 5.74) is 2.67. The highest BCUT2D eigenvalue weighted by Crippen LogP contribution is 2.34. The Morgan fingerprint density at radius 2 is 2.00 bits per heavy atom. The molecule has 19 heavy (non-hydrogen) atoms. The first-order chi connectivity index (χ1) is 9.26.